The number of rotatable bonds is 7. The van der Waals surface area contributed by atoms with Gasteiger partial charge in [-0.15, -0.1) is 0 Å². The highest BCUT2D eigenvalue weighted by atomic mass is 16.2. The van der Waals surface area contributed by atoms with Crippen LogP contribution in [0.15, 0.2) is 60.7 Å². The van der Waals surface area contributed by atoms with E-state index in [1.807, 2.05) is 24.3 Å². The number of aromatic nitrogens is 1. The maximum atomic E-state index is 14.2. The lowest BCUT2D eigenvalue weighted by Gasteiger charge is -2.44. The van der Waals surface area contributed by atoms with E-state index >= 15 is 0 Å². The lowest BCUT2D eigenvalue weighted by molar-refractivity contribution is 0.0278. The molecular weight excluding hydrogens is 446 g/mol. The van der Waals surface area contributed by atoms with Crippen molar-refractivity contribution >= 4 is 11.6 Å². The van der Waals surface area contributed by atoms with Crippen LogP contribution in [0.2, 0.25) is 0 Å². The molecule has 2 heterocycles. The average molecular weight is 482 g/mol. The van der Waals surface area contributed by atoms with Crippen LogP contribution in [0.25, 0.3) is 0 Å². The molecule has 5 nitrogen and oxygen atoms in total. The molecule has 1 fully saturated rings. The van der Waals surface area contributed by atoms with Gasteiger partial charge < -0.3 is 0 Å². The Labute approximate surface area is 214 Å². The number of aryl methyl sites for hydroxylation is 3. The molecule has 5 rings (SSSR count). The predicted octanol–water partition coefficient (Wildman–Crippen LogP) is 4.86. The van der Waals surface area contributed by atoms with E-state index in [0.717, 1.165) is 55.8 Å². The summed E-state index contributed by atoms with van der Waals surface area (Å²) in [4.78, 5) is 37.7. The fourth-order valence-corrected chi connectivity index (χ4v) is 5.86. The summed E-state index contributed by atoms with van der Waals surface area (Å²) in [5, 5.41) is 0. The largest absolute Gasteiger partial charge is 0.297 e. The van der Waals surface area contributed by atoms with Crippen molar-refractivity contribution in [1.82, 2.24) is 14.8 Å². The van der Waals surface area contributed by atoms with Crippen molar-refractivity contribution in [2.45, 2.75) is 52.1 Å². The highest BCUT2D eigenvalue weighted by molar-refractivity contribution is 6.32. The fraction of sp³-hybridized carbons (Fsp3) is 0.387. The molecule has 0 radical (unpaired) electrons. The lowest BCUT2D eigenvalue weighted by atomic mass is 9.81. The Balaban J connectivity index is 1.51. The van der Waals surface area contributed by atoms with Crippen molar-refractivity contribution in [3.63, 3.8) is 0 Å². The molecule has 0 amide bonds. The topological polar surface area (TPSA) is 53.5 Å². The molecule has 0 unspecified atom stereocenters. The van der Waals surface area contributed by atoms with Gasteiger partial charge in [0.1, 0.15) is 0 Å². The number of ketones is 2. The van der Waals surface area contributed by atoms with Crippen LogP contribution in [-0.2, 0) is 31.3 Å². The van der Waals surface area contributed by atoms with Crippen LogP contribution in [0.3, 0.4) is 0 Å². The molecule has 1 saturated heterocycles. The molecule has 0 N–H and O–H groups in total. The van der Waals surface area contributed by atoms with Crippen LogP contribution in [0, 0.1) is 0 Å². The van der Waals surface area contributed by atoms with E-state index < -0.39 is 5.54 Å². The summed E-state index contributed by atoms with van der Waals surface area (Å²) in [5.74, 6) is -0.189. The molecule has 0 spiro atoms. The van der Waals surface area contributed by atoms with Gasteiger partial charge in [-0.1, -0.05) is 69.3 Å². The van der Waals surface area contributed by atoms with Crippen LogP contribution in [-0.4, -0.2) is 52.5 Å². The zero-order valence-corrected chi connectivity index (χ0v) is 21.6. The van der Waals surface area contributed by atoms with Crippen molar-refractivity contribution in [2.24, 2.45) is 0 Å². The summed E-state index contributed by atoms with van der Waals surface area (Å²) in [7, 11) is 0. The van der Waals surface area contributed by atoms with Gasteiger partial charge in [-0.3, -0.25) is 24.4 Å². The number of carbonyl (C=O) groups is 2. The number of pyridine rings is 1. The summed E-state index contributed by atoms with van der Waals surface area (Å²) >= 11 is 0. The van der Waals surface area contributed by atoms with E-state index in [2.05, 4.69) is 54.8 Å². The number of hydrogen-bond donors (Lipinski definition) is 0. The molecule has 3 aromatic rings. The van der Waals surface area contributed by atoms with Crippen molar-refractivity contribution in [1.29, 1.82) is 0 Å². The van der Waals surface area contributed by atoms with Crippen molar-refractivity contribution in [2.75, 3.05) is 26.2 Å². The van der Waals surface area contributed by atoms with Gasteiger partial charge in [0, 0.05) is 55.2 Å². The van der Waals surface area contributed by atoms with Gasteiger partial charge in [0.15, 0.2) is 17.1 Å². The zero-order chi connectivity index (χ0) is 25.3. The Bertz CT molecular complexity index is 1230. The van der Waals surface area contributed by atoms with E-state index in [-0.39, 0.29) is 11.6 Å². The predicted molar refractivity (Wildman–Crippen MR) is 142 cm³/mol. The second-order valence-electron chi connectivity index (χ2n) is 9.85. The summed E-state index contributed by atoms with van der Waals surface area (Å²) in [6.07, 6.45) is 2.54. The van der Waals surface area contributed by atoms with Crippen LogP contribution in [0.1, 0.15) is 69.6 Å². The molecule has 0 saturated carbocycles. The third-order valence-corrected chi connectivity index (χ3v) is 7.89. The normalized spacial score (nSPS) is 18.0. The number of Topliss-reactive ketones (excluding diaryl/α,β-unsaturated/α-hetero) is 2. The van der Waals surface area contributed by atoms with Crippen molar-refractivity contribution < 1.29 is 9.59 Å². The van der Waals surface area contributed by atoms with Gasteiger partial charge in [0.2, 0.25) is 0 Å². The minimum atomic E-state index is -1.31. The first-order valence-electron chi connectivity index (χ1n) is 13.3. The number of hydrogen-bond acceptors (Lipinski definition) is 5. The Morgan fingerprint density at radius 1 is 0.722 bits per heavy atom. The first-order chi connectivity index (χ1) is 17.5. The van der Waals surface area contributed by atoms with E-state index in [4.69, 9.17) is 4.98 Å². The highest BCUT2D eigenvalue weighted by Crippen LogP contribution is 2.43. The summed E-state index contributed by atoms with van der Waals surface area (Å²) in [5.41, 5.74) is 5.13. The minimum Gasteiger partial charge on any atom is -0.297 e. The first-order valence-corrected chi connectivity index (χ1v) is 13.3. The Morgan fingerprint density at radius 2 is 1.25 bits per heavy atom. The Hall–Kier alpha value is -3.15. The average Bonchev–Trinajstić information content (AvgIpc) is 3.16. The molecule has 186 valence electrons. The van der Waals surface area contributed by atoms with E-state index in [1.165, 1.54) is 11.1 Å². The quantitative estimate of drug-likeness (QED) is 0.451. The van der Waals surface area contributed by atoms with Crippen LogP contribution >= 0.6 is 0 Å². The van der Waals surface area contributed by atoms with E-state index in [0.29, 0.717) is 24.2 Å². The number of nitrogens with zero attached hydrogens (tertiary/aromatic N) is 3. The second-order valence-corrected chi connectivity index (χ2v) is 9.85. The van der Waals surface area contributed by atoms with Crippen LogP contribution < -0.4 is 0 Å². The van der Waals surface area contributed by atoms with Gasteiger partial charge in [-0.2, -0.15) is 0 Å². The van der Waals surface area contributed by atoms with Gasteiger partial charge in [0.05, 0.1) is 0 Å². The highest BCUT2D eigenvalue weighted by Gasteiger charge is 2.58. The smallest absolute Gasteiger partial charge is 0.196 e. The summed E-state index contributed by atoms with van der Waals surface area (Å²) in [6, 6.07) is 19.9. The lowest BCUT2D eigenvalue weighted by Crippen LogP contribution is -2.60. The van der Waals surface area contributed by atoms with E-state index in [1.54, 1.807) is 12.1 Å². The first kappa shape index (κ1) is 24.5. The van der Waals surface area contributed by atoms with Gasteiger partial charge in [0.25, 0.3) is 0 Å². The molecule has 1 aliphatic carbocycles. The SMILES string of the molecule is CCc1cc(C2(N3CCN(Cc4ccccc4CC)CC3)C(=O)c3ccccc3C2=O)cc(CC)n1. The molecule has 1 aliphatic heterocycles. The summed E-state index contributed by atoms with van der Waals surface area (Å²) in [6.45, 7) is 10.2. The Morgan fingerprint density at radius 3 is 1.78 bits per heavy atom. The molecule has 5 heteroatoms. The number of benzene rings is 2. The molecule has 2 aromatic carbocycles. The molecule has 1 aromatic heterocycles. The van der Waals surface area contributed by atoms with Gasteiger partial charge in [-0.05, 0) is 48.1 Å². The van der Waals surface area contributed by atoms with Crippen molar-refractivity contribution in [3.8, 4) is 0 Å². The number of fused-ring (bicyclic) bond motifs is 1. The molecule has 0 atom stereocenters. The van der Waals surface area contributed by atoms with Gasteiger partial charge >= 0.3 is 0 Å². The van der Waals surface area contributed by atoms with Crippen LogP contribution in [0.5, 0.6) is 0 Å². The van der Waals surface area contributed by atoms with E-state index in [9.17, 15) is 9.59 Å². The molecule has 0 bridgehead atoms. The third-order valence-electron chi connectivity index (χ3n) is 7.89. The molecule has 2 aliphatic rings. The van der Waals surface area contributed by atoms with Crippen molar-refractivity contribution in [3.05, 3.63) is 99.9 Å². The molecular formula is C31H35N3O2. The zero-order valence-electron chi connectivity index (χ0n) is 21.6. The minimum absolute atomic E-state index is 0.0943. The standard InChI is InChI=1S/C31H35N3O2/c1-4-22-11-7-8-12-23(22)21-33-15-17-34(18-16-33)31(24-19-25(5-2)32-26(6-3)20-24)29(35)27-13-9-10-14-28(27)30(31)36/h7-14,19-20H,4-6,15-18,21H2,1-3H3. The third kappa shape index (κ3) is 4.00. The second kappa shape index (κ2) is 10.1. The fourth-order valence-electron chi connectivity index (χ4n) is 5.86. The summed E-state index contributed by atoms with van der Waals surface area (Å²) < 4.78 is 0. The van der Waals surface area contributed by atoms with Crippen LogP contribution in [0.4, 0.5) is 0 Å². The molecule has 36 heavy (non-hydrogen) atoms. The van der Waals surface area contributed by atoms with Gasteiger partial charge in [-0.25, -0.2) is 0 Å². The number of carbonyl (C=O) groups excluding carboxylic acids is 2. The maximum Gasteiger partial charge on any atom is 0.196 e. The number of piperazine rings is 1. The maximum absolute atomic E-state index is 14.2. The monoisotopic (exact) mass is 481 g/mol. The Kier molecular flexibility index (Phi) is 6.87.